The Labute approximate surface area is 160 Å². The molecule has 1 aromatic carbocycles. The molecule has 27 heavy (non-hydrogen) atoms. The number of anilines is 1. The van der Waals surface area contributed by atoms with Gasteiger partial charge in [-0.2, -0.15) is 10.2 Å². The largest absolute Gasteiger partial charge is 0.358 e. The average molecular weight is 385 g/mol. The summed E-state index contributed by atoms with van der Waals surface area (Å²) in [7, 11) is 0. The Morgan fingerprint density at radius 2 is 1.96 bits per heavy atom. The van der Waals surface area contributed by atoms with Crippen molar-refractivity contribution in [3.63, 3.8) is 0 Å². The first kappa shape index (κ1) is 17.3. The van der Waals surface area contributed by atoms with E-state index in [1.54, 1.807) is 20.7 Å². The molecule has 0 aliphatic carbocycles. The summed E-state index contributed by atoms with van der Waals surface area (Å²) in [5, 5.41) is 10.3. The number of hydrogen-bond donors (Lipinski definition) is 1. The lowest BCUT2D eigenvalue weighted by molar-refractivity contribution is -0.131. The Hall–Kier alpha value is -3.13. The van der Waals surface area contributed by atoms with Crippen molar-refractivity contribution in [2.24, 2.45) is 0 Å². The molecule has 1 aliphatic rings. The number of hydrogen-bond acceptors (Lipinski definition) is 5. The second kappa shape index (κ2) is 7.24. The number of carbonyl (C=O) groups is 1. The Balaban J connectivity index is 1.42. The molecule has 1 aliphatic heterocycles. The van der Waals surface area contributed by atoms with Crippen LogP contribution in [0.4, 0.5) is 5.69 Å². The van der Waals surface area contributed by atoms with E-state index in [0.717, 1.165) is 11.3 Å². The minimum Gasteiger partial charge on any atom is -0.358 e. The topological polar surface area (TPSA) is 87.1 Å². The second-order valence-corrected chi connectivity index (χ2v) is 6.63. The SMILES string of the molecule is O=C1CN(c2cn[nH]c(=O)c2Cl)CCN1Cc1ccc(-n2cccn2)cc1. The van der Waals surface area contributed by atoms with E-state index >= 15 is 0 Å². The van der Waals surface area contributed by atoms with Crippen LogP contribution in [-0.4, -0.2) is 50.4 Å². The molecule has 138 valence electrons. The smallest absolute Gasteiger partial charge is 0.285 e. The highest BCUT2D eigenvalue weighted by atomic mass is 35.5. The van der Waals surface area contributed by atoms with Crippen LogP contribution in [0.2, 0.25) is 5.02 Å². The lowest BCUT2D eigenvalue weighted by Crippen LogP contribution is -2.50. The molecule has 8 nitrogen and oxygen atoms in total. The molecule has 0 radical (unpaired) electrons. The van der Waals surface area contributed by atoms with E-state index in [0.29, 0.717) is 25.3 Å². The summed E-state index contributed by atoms with van der Waals surface area (Å²) in [6, 6.07) is 9.81. The summed E-state index contributed by atoms with van der Waals surface area (Å²) >= 11 is 6.04. The predicted molar refractivity (Wildman–Crippen MR) is 101 cm³/mol. The van der Waals surface area contributed by atoms with Gasteiger partial charge in [0, 0.05) is 32.0 Å². The molecule has 1 fully saturated rings. The van der Waals surface area contributed by atoms with Crippen LogP contribution >= 0.6 is 11.6 Å². The van der Waals surface area contributed by atoms with Gasteiger partial charge >= 0.3 is 0 Å². The molecule has 0 spiro atoms. The number of aromatic amines is 1. The van der Waals surface area contributed by atoms with Crippen LogP contribution in [0.1, 0.15) is 5.56 Å². The first-order valence-corrected chi connectivity index (χ1v) is 8.84. The van der Waals surface area contributed by atoms with E-state index in [9.17, 15) is 9.59 Å². The first-order valence-electron chi connectivity index (χ1n) is 8.46. The van der Waals surface area contributed by atoms with Gasteiger partial charge in [-0.25, -0.2) is 9.78 Å². The quantitative estimate of drug-likeness (QED) is 0.735. The number of halogens is 1. The summed E-state index contributed by atoms with van der Waals surface area (Å²) in [6.07, 6.45) is 5.08. The van der Waals surface area contributed by atoms with Crippen LogP contribution in [-0.2, 0) is 11.3 Å². The molecule has 3 heterocycles. The molecule has 1 N–H and O–H groups in total. The summed E-state index contributed by atoms with van der Waals surface area (Å²) in [4.78, 5) is 27.7. The minimum absolute atomic E-state index is 0.0197. The monoisotopic (exact) mass is 384 g/mol. The zero-order valence-electron chi connectivity index (χ0n) is 14.4. The van der Waals surface area contributed by atoms with Crippen molar-refractivity contribution in [1.82, 2.24) is 24.9 Å². The fourth-order valence-corrected chi connectivity index (χ4v) is 3.28. The van der Waals surface area contributed by atoms with Gasteiger partial charge in [0.1, 0.15) is 5.02 Å². The van der Waals surface area contributed by atoms with Gasteiger partial charge in [0.05, 0.1) is 24.1 Å². The van der Waals surface area contributed by atoms with Crippen molar-refractivity contribution in [1.29, 1.82) is 0 Å². The second-order valence-electron chi connectivity index (χ2n) is 6.25. The predicted octanol–water partition coefficient (Wildman–Crippen LogP) is 1.46. The van der Waals surface area contributed by atoms with E-state index in [1.165, 1.54) is 6.20 Å². The molecule has 4 rings (SSSR count). The van der Waals surface area contributed by atoms with Gasteiger partial charge in [0.15, 0.2) is 0 Å². The summed E-state index contributed by atoms with van der Waals surface area (Å²) in [6.45, 7) is 1.83. The molecule has 1 amide bonds. The number of H-pyrrole nitrogens is 1. The van der Waals surface area contributed by atoms with Crippen LogP contribution in [0.3, 0.4) is 0 Å². The van der Waals surface area contributed by atoms with E-state index in [1.807, 2.05) is 36.5 Å². The van der Waals surface area contributed by atoms with Gasteiger partial charge in [-0.3, -0.25) is 9.59 Å². The normalized spacial score (nSPS) is 14.6. The van der Waals surface area contributed by atoms with E-state index in [2.05, 4.69) is 15.3 Å². The average Bonchev–Trinajstić information content (AvgIpc) is 3.21. The number of rotatable bonds is 4. The number of amides is 1. The highest BCUT2D eigenvalue weighted by molar-refractivity contribution is 6.33. The molecule has 2 aromatic heterocycles. The summed E-state index contributed by atoms with van der Waals surface area (Å²) in [5.41, 5.74) is 2.04. The van der Waals surface area contributed by atoms with Crippen LogP contribution in [0.5, 0.6) is 0 Å². The highest BCUT2D eigenvalue weighted by Gasteiger charge is 2.26. The van der Waals surface area contributed by atoms with Gasteiger partial charge in [-0.15, -0.1) is 0 Å². The molecule has 0 unspecified atom stereocenters. The van der Waals surface area contributed by atoms with Gasteiger partial charge in [-0.1, -0.05) is 23.7 Å². The van der Waals surface area contributed by atoms with E-state index < -0.39 is 5.56 Å². The maximum Gasteiger partial charge on any atom is 0.285 e. The molecule has 3 aromatic rings. The third kappa shape index (κ3) is 3.56. The fraction of sp³-hybridized carbons (Fsp3) is 0.222. The van der Waals surface area contributed by atoms with Crippen LogP contribution in [0.25, 0.3) is 5.69 Å². The number of nitrogens with zero attached hydrogens (tertiary/aromatic N) is 5. The van der Waals surface area contributed by atoms with Crippen LogP contribution in [0, 0.1) is 0 Å². The summed E-state index contributed by atoms with van der Waals surface area (Å²) in [5.74, 6) is -0.0197. The first-order chi connectivity index (χ1) is 13.1. The molecule has 9 heteroatoms. The molecular weight excluding hydrogens is 368 g/mol. The van der Waals surface area contributed by atoms with Crippen LogP contribution < -0.4 is 10.5 Å². The Morgan fingerprint density at radius 1 is 1.15 bits per heavy atom. The highest BCUT2D eigenvalue weighted by Crippen LogP contribution is 2.22. The Kier molecular flexibility index (Phi) is 4.64. The number of benzene rings is 1. The third-order valence-electron chi connectivity index (χ3n) is 4.52. The lowest BCUT2D eigenvalue weighted by atomic mass is 10.1. The zero-order chi connectivity index (χ0) is 18.8. The zero-order valence-corrected chi connectivity index (χ0v) is 15.1. The van der Waals surface area contributed by atoms with Crippen molar-refractivity contribution in [3.05, 3.63) is 69.9 Å². The number of piperazine rings is 1. The minimum atomic E-state index is -0.457. The van der Waals surface area contributed by atoms with Crippen LogP contribution in [0.15, 0.2) is 53.7 Å². The summed E-state index contributed by atoms with van der Waals surface area (Å²) < 4.78 is 1.78. The molecule has 1 saturated heterocycles. The third-order valence-corrected chi connectivity index (χ3v) is 4.88. The molecular formula is C18H17ClN6O2. The van der Waals surface area contributed by atoms with E-state index in [4.69, 9.17) is 11.6 Å². The van der Waals surface area contributed by atoms with Crippen molar-refractivity contribution >= 4 is 23.2 Å². The standard InChI is InChI=1S/C18H17ClN6O2/c19-17-15(10-20-22-18(17)27)23-8-9-24(16(26)12-23)11-13-2-4-14(5-3-13)25-7-1-6-21-25/h1-7,10H,8-9,11-12H2,(H,22,27). The van der Waals surface area contributed by atoms with Gasteiger partial charge < -0.3 is 9.80 Å². The molecule has 0 saturated carbocycles. The van der Waals surface area contributed by atoms with E-state index in [-0.39, 0.29) is 17.5 Å². The fourth-order valence-electron chi connectivity index (χ4n) is 3.07. The molecule has 0 atom stereocenters. The van der Waals surface area contributed by atoms with Gasteiger partial charge in [-0.05, 0) is 23.8 Å². The number of carbonyl (C=O) groups excluding carboxylic acids is 1. The van der Waals surface area contributed by atoms with Crippen molar-refractivity contribution in [2.45, 2.75) is 6.54 Å². The maximum absolute atomic E-state index is 12.6. The Bertz CT molecular complexity index is 999. The van der Waals surface area contributed by atoms with Crippen molar-refractivity contribution in [2.75, 3.05) is 24.5 Å². The Morgan fingerprint density at radius 3 is 2.67 bits per heavy atom. The van der Waals surface area contributed by atoms with Gasteiger partial charge in [0.2, 0.25) is 5.91 Å². The van der Waals surface area contributed by atoms with Crippen molar-refractivity contribution < 1.29 is 4.79 Å². The maximum atomic E-state index is 12.6. The number of aromatic nitrogens is 4. The molecule has 0 bridgehead atoms. The lowest BCUT2D eigenvalue weighted by Gasteiger charge is -2.35. The van der Waals surface area contributed by atoms with Crippen molar-refractivity contribution in [3.8, 4) is 5.69 Å². The van der Waals surface area contributed by atoms with Gasteiger partial charge in [0.25, 0.3) is 5.56 Å². The number of nitrogens with one attached hydrogen (secondary N) is 1.